The Bertz CT molecular complexity index is 534. The van der Waals surface area contributed by atoms with Crippen LogP contribution in [-0.2, 0) is 9.53 Å². The lowest BCUT2D eigenvalue weighted by Gasteiger charge is -2.07. The third-order valence-electron chi connectivity index (χ3n) is 2.18. The fourth-order valence-electron chi connectivity index (χ4n) is 1.42. The van der Waals surface area contributed by atoms with Gasteiger partial charge in [0.05, 0.1) is 17.6 Å². The molecule has 0 heterocycles. The molecular formula is C11H10ClNO5. The number of aliphatic hydroxyl groups excluding tert-OH is 1. The van der Waals surface area contributed by atoms with Gasteiger partial charge in [-0.25, -0.2) is 4.79 Å². The highest BCUT2D eigenvalue weighted by Crippen LogP contribution is 2.31. The molecule has 18 heavy (non-hydrogen) atoms. The first-order valence-electron chi connectivity index (χ1n) is 4.81. The van der Waals surface area contributed by atoms with Crippen molar-refractivity contribution < 1.29 is 19.6 Å². The summed E-state index contributed by atoms with van der Waals surface area (Å²) >= 11 is 5.66. The second-order valence-corrected chi connectivity index (χ2v) is 3.81. The zero-order valence-corrected chi connectivity index (χ0v) is 10.4. The van der Waals surface area contributed by atoms with E-state index in [1.54, 1.807) is 0 Å². The molecule has 0 aromatic heterocycles. The van der Waals surface area contributed by atoms with E-state index in [4.69, 9.17) is 11.6 Å². The van der Waals surface area contributed by atoms with E-state index in [1.165, 1.54) is 19.1 Å². The molecule has 0 atom stereocenters. The zero-order valence-electron chi connectivity index (χ0n) is 9.64. The van der Waals surface area contributed by atoms with Gasteiger partial charge in [-0.3, -0.25) is 10.1 Å². The molecule has 0 aliphatic carbocycles. The van der Waals surface area contributed by atoms with E-state index in [-0.39, 0.29) is 27.6 Å². The second kappa shape index (κ2) is 5.50. The van der Waals surface area contributed by atoms with Crippen LogP contribution >= 0.6 is 11.6 Å². The first-order valence-corrected chi connectivity index (χ1v) is 5.18. The number of ether oxygens (including phenoxy) is 1. The average molecular weight is 272 g/mol. The van der Waals surface area contributed by atoms with Crippen LogP contribution in [0.15, 0.2) is 24.0 Å². The van der Waals surface area contributed by atoms with Crippen LogP contribution in [0.3, 0.4) is 0 Å². The van der Waals surface area contributed by atoms with Gasteiger partial charge in [0.1, 0.15) is 11.3 Å². The lowest BCUT2D eigenvalue weighted by atomic mass is 10.0. The summed E-state index contributed by atoms with van der Waals surface area (Å²) in [6, 6.07) is 3.77. The number of halogens is 1. The molecule has 0 saturated carbocycles. The number of nitro groups is 1. The van der Waals surface area contributed by atoms with E-state index in [0.717, 1.165) is 13.2 Å². The molecule has 0 radical (unpaired) electrons. The monoisotopic (exact) mass is 271 g/mol. The van der Waals surface area contributed by atoms with Crippen molar-refractivity contribution in [2.45, 2.75) is 6.92 Å². The Morgan fingerprint density at radius 2 is 2.11 bits per heavy atom. The highest BCUT2D eigenvalue weighted by molar-refractivity contribution is 6.31. The van der Waals surface area contributed by atoms with Crippen LogP contribution in [0.1, 0.15) is 12.5 Å². The summed E-state index contributed by atoms with van der Waals surface area (Å²) in [4.78, 5) is 21.7. The maximum Gasteiger partial charge on any atom is 0.342 e. The van der Waals surface area contributed by atoms with Gasteiger partial charge in [0.25, 0.3) is 5.69 Å². The van der Waals surface area contributed by atoms with E-state index < -0.39 is 10.9 Å². The number of carbonyl (C=O) groups is 1. The molecule has 0 fully saturated rings. The van der Waals surface area contributed by atoms with Crippen LogP contribution in [0.4, 0.5) is 5.69 Å². The summed E-state index contributed by atoms with van der Waals surface area (Å²) in [5, 5.41) is 20.5. The molecule has 0 aliphatic rings. The molecule has 0 aliphatic heterocycles. The van der Waals surface area contributed by atoms with Crippen molar-refractivity contribution in [2.75, 3.05) is 7.11 Å². The van der Waals surface area contributed by atoms with E-state index in [9.17, 15) is 20.0 Å². The summed E-state index contributed by atoms with van der Waals surface area (Å²) in [6.07, 6.45) is 0. The maximum absolute atomic E-state index is 11.5. The molecule has 7 heteroatoms. The number of hydrogen-bond donors (Lipinski definition) is 1. The maximum atomic E-state index is 11.5. The standard InChI is InChI=1S/C11H10ClNO5/c1-6(14)10(11(15)18-2)8-4-3-7(12)5-9(8)13(16)17/h3-5,14H,1-2H3/b10-6+. The number of esters is 1. The Morgan fingerprint density at radius 1 is 1.50 bits per heavy atom. The third-order valence-corrected chi connectivity index (χ3v) is 2.41. The fraction of sp³-hybridized carbons (Fsp3) is 0.182. The van der Waals surface area contributed by atoms with E-state index >= 15 is 0 Å². The number of carbonyl (C=O) groups excluding carboxylic acids is 1. The molecule has 0 bridgehead atoms. The molecule has 1 aromatic rings. The summed E-state index contributed by atoms with van der Waals surface area (Å²) in [6.45, 7) is 1.24. The minimum Gasteiger partial charge on any atom is -0.512 e. The number of aliphatic hydroxyl groups is 1. The first-order chi connectivity index (χ1) is 8.38. The molecule has 0 saturated heterocycles. The quantitative estimate of drug-likeness (QED) is 0.300. The zero-order chi connectivity index (χ0) is 13.9. The van der Waals surface area contributed by atoms with Gasteiger partial charge in [0.15, 0.2) is 0 Å². The summed E-state index contributed by atoms with van der Waals surface area (Å²) < 4.78 is 4.48. The van der Waals surface area contributed by atoms with Crippen LogP contribution in [0.5, 0.6) is 0 Å². The van der Waals surface area contributed by atoms with Crippen LogP contribution < -0.4 is 0 Å². The molecular weight excluding hydrogens is 262 g/mol. The van der Waals surface area contributed by atoms with Crippen LogP contribution in [0.25, 0.3) is 5.57 Å². The van der Waals surface area contributed by atoms with Crippen LogP contribution in [-0.4, -0.2) is 23.1 Å². The molecule has 1 aromatic carbocycles. The average Bonchev–Trinajstić information content (AvgIpc) is 2.30. The Labute approximate surface area is 108 Å². The van der Waals surface area contributed by atoms with Crippen molar-refractivity contribution in [3.63, 3.8) is 0 Å². The molecule has 96 valence electrons. The van der Waals surface area contributed by atoms with Crippen molar-refractivity contribution in [2.24, 2.45) is 0 Å². The minimum atomic E-state index is -0.861. The van der Waals surface area contributed by atoms with Crippen molar-refractivity contribution >= 4 is 28.8 Å². The van der Waals surface area contributed by atoms with E-state index in [2.05, 4.69) is 4.74 Å². The Balaban J connectivity index is 3.53. The lowest BCUT2D eigenvalue weighted by Crippen LogP contribution is -2.08. The summed E-state index contributed by atoms with van der Waals surface area (Å²) in [5.41, 5.74) is -0.687. The molecule has 0 unspecified atom stereocenters. The van der Waals surface area contributed by atoms with Gasteiger partial charge >= 0.3 is 5.97 Å². The van der Waals surface area contributed by atoms with Gasteiger partial charge in [-0.1, -0.05) is 11.6 Å². The van der Waals surface area contributed by atoms with Gasteiger partial charge in [-0.2, -0.15) is 0 Å². The van der Waals surface area contributed by atoms with Gasteiger partial charge in [-0.05, 0) is 19.1 Å². The number of nitro benzene ring substituents is 1. The molecule has 0 amide bonds. The van der Waals surface area contributed by atoms with Crippen molar-refractivity contribution in [1.29, 1.82) is 0 Å². The van der Waals surface area contributed by atoms with Gasteiger partial charge in [-0.15, -0.1) is 0 Å². The van der Waals surface area contributed by atoms with Crippen LogP contribution in [0.2, 0.25) is 5.02 Å². The van der Waals surface area contributed by atoms with Crippen molar-refractivity contribution in [3.8, 4) is 0 Å². The fourth-order valence-corrected chi connectivity index (χ4v) is 1.59. The summed E-state index contributed by atoms with van der Waals surface area (Å²) in [7, 11) is 1.12. The highest BCUT2D eigenvalue weighted by Gasteiger charge is 2.25. The lowest BCUT2D eigenvalue weighted by molar-refractivity contribution is -0.385. The Morgan fingerprint density at radius 3 is 2.56 bits per heavy atom. The predicted octanol–water partition coefficient (Wildman–Crippen LogP) is 2.71. The van der Waals surface area contributed by atoms with E-state index in [0.29, 0.717) is 0 Å². The van der Waals surface area contributed by atoms with Gasteiger partial charge in [0, 0.05) is 11.1 Å². The molecule has 1 rings (SSSR count). The number of rotatable bonds is 3. The smallest absolute Gasteiger partial charge is 0.342 e. The Kier molecular flexibility index (Phi) is 4.28. The highest BCUT2D eigenvalue weighted by atomic mass is 35.5. The minimum absolute atomic E-state index is 0.0451. The van der Waals surface area contributed by atoms with Crippen LogP contribution in [0, 0.1) is 10.1 Å². The second-order valence-electron chi connectivity index (χ2n) is 3.37. The normalized spacial score (nSPS) is 11.7. The number of methoxy groups -OCH3 is 1. The number of hydrogen-bond acceptors (Lipinski definition) is 5. The molecule has 6 nitrogen and oxygen atoms in total. The molecule has 0 spiro atoms. The van der Waals surface area contributed by atoms with E-state index in [1.807, 2.05) is 0 Å². The molecule has 1 N–H and O–H groups in total. The SMILES string of the molecule is COC(=O)/C(=C(\C)O)c1ccc(Cl)cc1[N+](=O)[O-]. The van der Waals surface area contributed by atoms with Gasteiger partial charge < -0.3 is 9.84 Å². The largest absolute Gasteiger partial charge is 0.512 e. The van der Waals surface area contributed by atoms with Crippen molar-refractivity contribution in [3.05, 3.63) is 44.7 Å². The third kappa shape index (κ3) is 2.78. The topological polar surface area (TPSA) is 89.7 Å². The Hall–Kier alpha value is -2.08. The number of allylic oxidation sites excluding steroid dienone is 1. The number of nitrogens with zero attached hydrogens (tertiary/aromatic N) is 1. The number of benzene rings is 1. The predicted molar refractivity (Wildman–Crippen MR) is 65.3 cm³/mol. The summed E-state index contributed by atoms with van der Waals surface area (Å²) in [5.74, 6) is -1.23. The first kappa shape index (κ1) is 14.0. The van der Waals surface area contributed by atoms with Crippen molar-refractivity contribution in [1.82, 2.24) is 0 Å². The van der Waals surface area contributed by atoms with Gasteiger partial charge in [0.2, 0.25) is 0 Å².